The monoisotopic (exact) mass is 242 g/mol. The smallest absolute Gasteiger partial charge is 0.323 e. The molecule has 0 aromatic carbocycles. The predicted octanol–water partition coefficient (Wildman–Crippen LogP) is -0.864. The minimum Gasteiger partial charge on any atom is -0.481 e. The van der Waals surface area contributed by atoms with Gasteiger partial charge in [0.2, 0.25) is 0 Å². The molecule has 17 heavy (non-hydrogen) atoms. The first-order valence-corrected chi connectivity index (χ1v) is 5.22. The van der Waals surface area contributed by atoms with Crippen LogP contribution in [0.25, 0.3) is 0 Å². The topological polar surface area (TPSA) is 93.2 Å². The SMILES string of the molecule is CN1C(=O)N(C)C2C1NC(=O)N2CCC(=O)O. The molecule has 4 amide bonds. The number of carbonyl (C=O) groups excluding carboxylic acids is 2. The summed E-state index contributed by atoms with van der Waals surface area (Å²) in [5.74, 6) is -0.971. The standard InChI is InChI=1S/C9H14N4O4/c1-11-6-7(12(2)9(11)17)13(8(16)10-6)4-3-5(14)15/h6-7H,3-4H2,1-2H3,(H,10,16)(H,14,15). The number of hydrogen-bond acceptors (Lipinski definition) is 3. The van der Waals surface area contributed by atoms with Crippen LogP contribution in [0, 0.1) is 0 Å². The van der Waals surface area contributed by atoms with Crippen molar-refractivity contribution >= 4 is 18.0 Å². The molecule has 0 saturated carbocycles. The normalized spacial score (nSPS) is 27.5. The molecule has 2 aliphatic rings. The summed E-state index contributed by atoms with van der Waals surface area (Å²) in [6, 6.07) is -0.534. The zero-order valence-electron chi connectivity index (χ0n) is 9.58. The predicted molar refractivity (Wildman–Crippen MR) is 56.0 cm³/mol. The second kappa shape index (κ2) is 3.79. The molecule has 0 aromatic rings. The Morgan fingerprint density at radius 2 is 2.00 bits per heavy atom. The van der Waals surface area contributed by atoms with Gasteiger partial charge in [-0.1, -0.05) is 0 Å². The highest BCUT2D eigenvalue weighted by Crippen LogP contribution is 2.26. The van der Waals surface area contributed by atoms with Crippen LogP contribution in [-0.4, -0.2) is 70.8 Å². The molecule has 2 rings (SSSR count). The maximum atomic E-state index is 11.7. The Hall–Kier alpha value is -1.99. The zero-order valence-corrected chi connectivity index (χ0v) is 9.58. The van der Waals surface area contributed by atoms with Crippen LogP contribution in [0.15, 0.2) is 0 Å². The number of urea groups is 2. The third kappa shape index (κ3) is 1.65. The van der Waals surface area contributed by atoms with E-state index in [2.05, 4.69) is 5.32 Å². The number of rotatable bonds is 3. The van der Waals surface area contributed by atoms with Gasteiger partial charge in [0.15, 0.2) is 0 Å². The van der Waals surface area contributed by atoms with E-state index in [1.165, 1.54) is 14.7 Å². The summed E-state index contributed by atoms with van der Waals surface area (Å²) in [5.41, 5.74) is 0. The van der Waals surface area contributed by atoms with Crippen molar-refractivity contribution in [2.75, 3.05) is 20.6 Å². The molecule has 2 unspecified atom stereocenters. The number of likely N-dealkylation sites (N-methyl/N-ethyl adjacent to an activating group) is 2. The van der Waals surface area contributed by atoms with Crippen molar-refractivity contribution in [3.05, 3.63) is 0 Å². The van der Waals surface area contributed by atoms with Crippen molar-refractivity contribution in [1.82, 2.24) is 20.0 Å². The second-order valence-electron chi connectivity index (χ2n) is 4.15. The molecule has 94 valence electrons. The van der Waals surface area contributed by atoms with E-state index in [4.69, 9.17) is 5.11 Å². The van der Waals surface area contributed by atoms with Gasteiger partial charge in [-0.3, -0.25) is 9.69 Å². The third-order valence-corrected chi connectivity index (χ3v) is 3.12. The minimum absolute atomic E-state index is 0.0911. The maximum absolute atomic E-state index is 11.7. The molecular formula is C9H14N4O4. The van der Waals surface area contributed by atoms with Crippen LogP contribution in [0.2, 0.25) is 0 Å². The molecule has 2 saturated heterocycles. The maximum Gasteiger partial charge on any atom is 0.323 e. The molecule has 2 heterocycles. The van der Waals surface area contributed by atoms with E-state index in [0.29, 0.717) is 0 Å². The number of aliphatic carboxylic acids is 1. The molecule has 0 aromatic heterocycles. The molecule has 2 atom stereocenters. The fourth-order valence-corrected chi connectivity index (χ4v) is 2.22. The van der Waals surface area contributed by atoms with Gasteiger partial charge in [-0.05, 0) is 0 Å². The number of amides is 4. The summed E-state index contributed by atoms with van der Waals surface area (Å²) in [4.78, 5) is 38.1. The summed E-state index contributed by atoms with van der Waals surface area (Å²) in [6.45, 7) is 0.0911. The molecule has 8 heteroatoms. The van der Waals surface area contributed by atoms with Crippen molar-refractivity contribution in [1.29, 1.82) is 0 Å². The Labute approximate surface area is 97.8 Å². The minimum atomic E-state index is -0.971. The van der Waals surface area contributed by atoms with E-state index in [1.54, 1.807) is 14.1 Å². The van der Waals surface area contributed by atoms with Crippen LogP contribution in [0.4, 0.5) is 9.59 Å². The summed E-state index contributed by atoms with van der Waals surface area (Å²) in [6.07, 6.45) is -0.976. The van der Waals surface area contributed by atoms with Crippen molar-refractivity contribution in [3.8, 4) is 0 Å². The van der Waals surface area contributed by atoms with Gasteiger partial charge in [-0.2, -0.15) is 0 Å². The summed E-state index contributed by atoms with van der Waals surface area (Å²) >= 11 is 0. The van der Waals surface area contributed by atoms with E-state index >= 15 is 0 Å². The Bertz CT molecular complexity index is 385. The average Bonchev–Trinajstić information content (AvgIpc) is 2.68. The lowest BCUT2D eigenvalue weighted by Crippen LogP contribution is -2.45. The molecular weight excluding hydrogens is 228 g/mol. The van der Waals surface area contributed by atoms with Gasteiger partial charge in [-0.15, -0.1) is 0 Å². The van der Waals surface area contributed by atoms with Gasteiger partial charge in [-0.25, -0.2) is 9.59 Å². The van der Waals surface area contributed by atoms with Crippen molar-refractivity contribution in [2.45, 2.75) is 18.8 Å². The molecule has 0 bridgehead atoms. The highest BCUT2D eigenvalue weighted by molar-refractivity contribution is 5.85. The van der Waals surface area contributed by atoms with Crippen LogP contribution in [-0.2, 0) is 4.79 Å². The van der Waals surface area contributed by atoms with Gasteiger partial charge >= 0.3 is 18.0 Å². The highest BCUT2D eigenvalue weighted by atomic mass is 16.4. The molecule has 8 nitrogen and oxygen atoms in total. The summed E-state index contributed by atoms with van der Waals surface area (Å²) < 4.78 is 0. The second-order valence-corrected chi connectivity index (χ2v) is 4.15. The first-order chi connectivity index (χ1) is 7.93. The van der Waals surface area contributed by atoms with Gasteiger partial charge < -0.3 is 20.2 Å². The molecule has 2 N–H and O–H groups in total. The quantitative estimate of drug-likeness (QED) is 0.673. The molecule has 2 fully saturated rings. The van der Waals surface area contributed by atoms with E-state index in [0.717, 1.165) is 0 Å². The Balaban J connectivity index is 2.15. The fraction of sp³-hybridized carbons (Fsp3) is 0.667. The van der Waals surface area contributed by atoms with Crippen molar-refractivity contribution < 1.29 is 19.5 Å². The number of carboxylic acid groups (broad SMARTS) is 1. The van der Waals surface area contributed by atoms with Gasteiger partial charge in [0.1, 0.15) is 12.3 Å². The largest absolute Gasteiger partial charge is 0.481 e. The summed E-state index contributed by atoms with van der Waals surface area (Å²) in [5, 5.41) is 11.3. The third-order valence-electron chi connectivity index (χ3n) is 3.12. The fourth-order valence-electron chi connectivity index (χ4n) is 2.22. The van der Waals surface area contributed by atoms with E-state index in [9.17, 15) is 14.4 Å². The first kappa shape index (κ1) is 11.5. The Morgan fingerprint density at radius 3 is 2.59 bits per heavy atom. The van der Waals surface area contributed by atoms with Crippen LogP contribution < -0.4 is 5.32 Å². The number of carboxylic acids is 1. The van der Waals surface area contributed by atoms with Crippen molar-refractivity contribution in [2.24, 2.45) is 0 Å². The molecule has 0 radical (unpaired) electrons. The Kier molecular flexibility index (Phi) is 2.56. The van der Waals surface area contributed by atoms with Crippen LogP contribution in [0.3, 0.4) is 0 Å². The first-order valence-electron chi connectivity index (χ1n) is 5.22. The molecule has 0 spiro atoms. The van der Waals surface area contributed by atoms with Crippen molar-refractivity contribution in [3.63, 3.8) is 0 Å². The molecule has 2 aliphatic heterocycles. The van der Waals surface area contributed by atoms with Gasteiger partial charge in [0, 0.05) is 20.6 Å². The lowest BCUT2D eigenvalue weighted by molar-refractivity contribution is -0.137. The summed E-state index contributed by atoms with van der Waals surface area (Å²) in [7, 11) is 3.20. The Morgan fingerprint density at radius 1 is 1.35 bits per heavy atom. The number of nitrogens with one attached hydrogen (secondary N) is 1. The average molecular weight is 242 g/mol. The number of hydrogen-bond donors (Lipinski definition) is 2. The number of nitrogens with zero attached hydrogens (tertiary/aromatic N) is 3. The van der Waals surface area contributed by atoms with Gasteiger partial charge in [0.05, 0.1) is 6.42 Å². The van der Waals surface area contributed by atoms with E-state index < -0.39 is 18.3 Å². The van der Waals surface area contributed by atoms with Crippen LogP contribution in [0.1, 0.15) is 6.42 Å². The van der Waals surface area contributed by atoms with Crippen LogP contribution >= 0.6 is 0 Å². The molecule has 0 aliphatic carbocycles. The lowest BCUT2D eigenvalue weighted by atomic mass is 10.3. The van der Waals surface area contributed by atoms with E-state index in [1.807, 2.05) is 0 Å². The van der Waals surface area contributed by atoms with Crippen LogP contribution in [0.5, 0.6) is 0 Å². The number of fused-ring (bicyclic) bond motifs is 1. The lowest BCUT2D eigenvalue weighted by Gasteiger charge is -2.25. The number of carbonyl (C=O) groups is 3. The van der Waals surface area contributed by atoms with Gasteiger partial charge in [0.25, 0.3) is 0 Å². The highest BCUT2D eigenvalue weighted by Gasteiger charge is 2.52. The van der Waals surface area contributed by atoms with E-state index in [-0.39, 0.29) is 25.0 Å². The zero-order chi connectivity index (χ0) is 12.7.